The normalized spacial score (nSPS) is 15.1. The highest BCUT2D eigenvalue weighted by Gasteiger charge is 2.02. The van der Waals surface area contributed by atoms with E-state index in [0.717, 1.165) is 51.9 Å². The summed E-state index contributed by atoms with van der Waals surface area (Å²) in [7, 11) is 0. The van der Waals surface area contributed by atoms with Crippen LogP contribution in [0.1, 0.15) is 44.5 Å². The van der Waals surface area contributed by atoms with Crippen LogP contribution in [0.4, 0.5) is 0 Å². The van der Waals surface area contributed by atoms with Gasteiger partial charge >= 0.3 is 0 Å². The highest BCUT2D eigenvalue weighted by atomic mass is 14.8. The first kappa shape index (κ1) is 22.6. The second kappa shape index (κ2) is 11.3. The van der Waals surface area contributed by atoms with Crippen LogP contribution in [0.2, 0.25) is 0 Å². The van der Waals surface area contributed by atoms with Gasteiger partial charge in [0.2, 0.25) is 0 Å². The smallest absolute Gasteiger partial charge is 0.0208 e. The number of nitrogens with one attached hydrogen (secondary N) is 2. The number of hydrogen-bond donors (Lipinski definition) is 2. The Labute approximate surface area is 204 Å². The molecule has 0 amide bonds. The van der Waals surface area contributed by atoms with Gasteiger partial charge in [-0.15, -0.1) is 0 Å². The summed E-state index contributed by atoms with van der Waals surface area (Å²) < 4.78 is 0. The monoisotopic (exact) mass is 446 g/mol. The molecule has 2 heteroatoms. The van der Waals surface area contributed by atoms with Crippen molar-refractivity contribution in [1.82, 2.24) is 10.6 Å². The van der Waals surface area contributed by atoms with Gasteiger partial charge in [0.05, 0.1) is 0 Å². The molecule has 8 bridgehead atoms. The van der Waals surface area contributed by atoms with Crippen molar-refractivity contribution in [3.05, 3.63) is 142 Å². The van der Waals surface area contributed by atoms with E-state index in [1.807, 2.05) is 0 Å². The van der Waals surface area contributed by atoms with Gasteiger partial charge in [-0.1, -0.05) is 97.1 Å². The minimum Gasteiger partial charge on any atom is -0.309 e. The summed E-state index contributed by atoms with van der Waals surface area (Å²) in [5, 5.41) is 7.18. The van der Waals surface area contributed by atoms with Crippen LogP contribution in [0.25, 0.3) is 0 Å². The molecule has 4 aromatic carbocycles. The Hall–Kier alpha value is -3.20. The Balaban J connectivity index is 1.28. The Morgan fingerprint density at radius 2 is 0.441 bits per heavy atom. The maximum absolute atomic E-state index is 3.59. The molecule has 0 unspecified atom stereocenters. The lowest BCUT2D eigenvalue weighted by molar-refractivity contribution is 0.692. The number of rotatable bonds is 0. The van der Waals surface area contributed by atoms with Crippen LogP contribution in [0, 0.1) is 0 Å². The van der Waals surface area contributed by atoms with E-state index in [9.17, 15) is 0 Å². The summed E-state index contributed by atoms with van der Waals surface area (Å²) in [6.45, 7) is 3.59. The molecule has 4 aromatic rings. The lowest BCUT2D eigenvalue weighted by Gasteiger charge is -2.10. The second-order valence-corrected chi connectivity index (χ2v) is 9.47. The van der Waals surface area contributed by atoms with Crippen molar-refractivity contribution in [3.8, 4) is 0 Å². The van der Waals surface area contributed by atoms with Crippen LogP contribution in [-0.2, 0) is 51.9 Å². The molecule has 14 rings (SSSR count). The van der Waals surface area contributed by atoms with E-state index >= 15 is 0 Å². The third-order valence-electron chi connectivity index (χ3n) is 6.81. The number of aryl methyl sites for hydroxylation is 4. The molecule has 34 heavy (non-hydrogen) atoms. The van der Waals surface area contributed by atoms with Crippen LogP contribution in [0.3, 0.4) is 0 Å². The summed E-state index contributed by atoms with van der Waals surface area (Å²) in [6.07, 6.45) is 4.31. The van der Waals surface area contributed by atoms with E-state index in [1.165, 1.54) is 44.5 Å². The molecule has 0 fully saturated rings. The summed E-state index contributed by atoms with van der Waals surface area (Å²) in [6, 6.07) is 36.3. The van der Waals surface area contributed by atoms with E-state index in [1.54, 1.807) is 0 Å². The van der Waals surface area contributed by atoms with Crippen molar-refractivity contribution in [2.24, 2.45) is 0 Å². The molecule has 0 saturated heterocycles. The fourth-order valence-electron chi connectivity index (χ4n) is 4.57. The van der Waals surface area contributed by atoms with Crippen molar-refractivity contribution < 1.29 is 0 Å². The van der Waals surface area contributed by atoms with Crippen molar-refractivity contribution in [3.63, 3.8) is 0 Å². The Bertz CT molecular complexity index is 966. The first-order valence-corrected chi connectivity index (χ1v) is 12.5. The summed E-state index contributed by atoms with van der Waals surface area (Å²) >= 11 is 0. The van der Waals surface area contributed by atoms with E-state index < -0.39 is 0 Å². The molecule has 2 nitrogen and oxygen atoms in total. The molecule has 0 saturated carbocycles. The largest absolute Gasteiger partial charge is 0.309 e. The topological polar surface area (TPSA) is 24.1 Å². The zero-order valence-corrected chi connectivity index (χ0v) is 19.9. The van der Waals surface area contributed by atoms with Gasteiger partial charge in [0, 0.05) is 26.2 Å². The predicted molar refractivity (Wildman–Crippen MR) is 142 cm³/mol. The highest BCUT2D eigenvalue weighted by molar-refractivity contribution is 5.28. The van der Waals surface area contributed by atoms with Gasteiger partial charge in [0.15, 0.2) is 0 Å². The van der Waals surface area contributed by atoms with E-state index in [2.05, 4.69) is 108 Å². The van der Waals surface area contributed by atoms with Crippen molar-refractivity contribution >= 4 is 0 Å². The van der Waals surface area contributed by atoms with Crippen LogP contribution in [-0.4, -0.2) is 0 Å². The van der Waals surface area contributed by atoms with E-state index in [-0.39, 0.29) is 0 Å². The molecule has 0 spiro atoms. The number of hydrogen-bond acceptors (Lipinski definition) is 2. The van der Waals surface area contributed by atoms with Crippen molar-refractivity contribution in [2.45, 2.75) is 51.9 Å². The highest BCUT2D eigenvalue weighted by Crippen LogP contribution is 2.13. The fourth-order valence-corrected chi connectivity index (χ4v) is 4.57. The summed E-state index contributed by atoms with van der Waals surface area (Å²) in [5.74, 6) is 0. The molecule has 0 aliphatic carbocycles. The second-order valence-electron chi connectivity index (χ2n) is 9.47. The number of benzene rings is 4. The minimum absolute atomic E-state index is 0.896. The van der Waals surface area contributed by atoms with Gasteiger partial charge in [-0.3, -0.25) is 0 Å². The molecular weight excluding hydrogens is 412 g/mol. The third kappa shape index (κ3) is 6.44. The zero-order valence-electron chi connectivity index (χ0n) is 19.9. The molecule has 10 aliphatic heterocycles. The Kier molecular flexibility index (Phi) is 7.50. The van der Waals surface area contributed by atoms with Gasteiger partial charge in [0.1, 0.15) is 0 Å². The summed E-state index contributed by atoms with van der Waals surface area (Å²) in [4.78, 5) is 0. The maximum atomic E-state index is 3.59. The van der Waals surface area contributed by atoms with Gasteiger partial charge in [0.25, 0.3) is 0 Å². The van der Waals surface area contributed by atoms with E-state index in [4.69, 9.17) is 0 Å². The SMILES string of the molecule is c1cc2ccc1CCc1ccc(cc1)CNCc1ccc(cc1)CCc1ccc(cc1)CNC2. The van der Waals surface area contributed by atoms with Gasteiger partial charge < -0.3 is 10.6 Å². The van der Waals surface area contributed by atoms with Crippen LogP contribution in [0.5, 0.6) is 0 Å². The fraction of sp³-hybridized carbons (Fsp3) is 0.250. The molecule has 10 heterocycles. The van der Waals surface area contributed by atoms with Crippen LogP contribution in [0.15, 0.2) is 97.1 Å². The Morgan fingerprint density at radius 3 is 0.647 bits per heavy atom. The average Bonchev–Trinajstić information content (AvgIpc) is 2.89. The van der Waals surface area contributed by atoms with Gasteiger partial charge in [-0.2, -0.15) is 0 Å². The molecule has 0 atom stereocenters. The maximum Gasteiger partial charge on any atom is 0.0208 e. The lowest BCUT2D eigenvalue weighted by Crippen LogP contribution is -2.13. The molecule has 2 N–H and O–H groups in total. The average molecular weight is 447 g/mol. The quantitative estimate of drug-likeness (QED) is 0.338. The third-order valence-corrected chi connectivity index (χ3v) is 6.81. The van der Waals surface area contributed by atoms with Gasteiger partial charge in [-0.25, -0.2) is 0 Å². The first-order valence-electron chi connectivity index (χ1n) is 12.5. The molecule has 0 aromatic heterocycles. The van der Waals surface area contributed by atoms with Gasteiger partial charge in [-0.05, 0) is 70.2 Å². The summed E-state index contributed by atoms with van der Waals surface area (Å²) in [5.41, 5.74) is 11.0. The lowest BCUT2D eigenvalue weighted by atomic mass is 10.0. The standard InChI is InChI=1S/C32H34N2/c1-2-26-7-15-30(16-8-26)22-34-24-32-19-11-28(12-20-32)4-3-27-9-17-31(18-10-27)23-33-21-29-13-5-25(1)6-14-29/h5-20,33-34H,1-4,21-24H2. The molecule has 10 aliphatic rings. The predicted octanol–water partition coefficient (Wildman–Crippen LogP) is 6.15. The Morgan fingerprint density at radius 1 is 0.265 bits per heavy atom. The van der Waals surface area contributed by atoms with Crippen LogP contribution >= 0.6 is 0 Å². The zero-order chi connectivity index (χ0) is 23.0. The van der Waals surface area contributed by atoms with Crippen molar-refractivity contribution in [1.29, 1.82) is 0 Å². The van der Waals surface area contributed by atoms with Crippen molar-refractivity contribution in [2.75, 3.05) is 0 Å². The first-order chi connectivity index (χ1) is 16.8. The molecular formula is C32H34N2. The minimum atomic E-state index is 0.896. The van der Waals surface area contributed by atoms with Crippen LogP contribution < -0.4 is 10.6 Å². The van der Waals surface area contributed by atoms with E-state index in [0.29, 0.717) is 0 Å². The molecule has 0 radical (unpaired) electrons. The molecule has 172 valence electrons.